The van der Waals surface area contributed by atoms with Crippen molar-refractivity contribution in [3.05, 3.63) is 64.4 Å². The van der Waals surface area contributed by atoms with Crippen molar-refractivity contribution in [2.45, 2.75) is 13.3 Å². The van der Waals surface area contributed by atoms with Crippen LogP contribution in [0.1, 0.15) is 22.8 Å². The van der Waals surface area contributed by atoms with E-state index in [1.165, 1.54) is 25.1 Å². The average molecular weight is 393 g/mol. The Morgan fingerprint density at radius 1 is 1.15 bits per heavy atom. The van der Waals surface area contributed by atoms with Crippen LogP contribution in [0.4, 0.5) is 4.39 Å². The van der Waals surface area contributed by atoms with E-state index in [1.807, 2.05) is 24.3 Å². The van der Waals surface area contributed by atoms with E-state index in [2.05, 4.69) is 5.32 Å². The van der Waals surface area contributed by atoms with E-state index in [0.717, 1.165) is 11.3 Å². The minimum Gasteiger partial charge on any atom is -0.497 e. The number of halogens is 2. The largest absolute Gasteiger partial charge is 0.497 e. The molecule has 0 aliphatic rings. The zero-order chi connectivity index (χ0) is 19.8. The lowest BCUT2D eigenvalue weighted by Gasteiger charge is -2.21. The number of hydrogen-bond donors (Lipinski definition) is 1. The number of methoxy groups -OCH3 is 1. The molecule has 7 heteroatoms. The number of hydrogen-bond acceptors (Lipinski definition) is 3. The molecule has 2 aromatic rings. The van der Waals surface area contributed by atoms with Crippen molar-refractivity contribution in [3.63, 3.8) is 0 Å². The summed E-state index contributed by atoms with van der Waals surface area (Å²) >= 11 is 5.88. The molecule has 1 N–H and O–H groups in total. The fourth-order valence-corrected chi connectivity index (χ4v) is 2.84. The number of ether oxygens (including phenoxy) is 1. The predicted octanol–water partition coefficient (Wildman–Crippen LogP) is 3.31. The fraction of sp³-hybridized carbons (Fsp3) is 0.300. The third-order valence-electron chi connectivity index (χ3n) is 4.13. The minimum absolute atomic E-state index is 0.0513. The maximum atomic E-state index is 13.8. The summed E-state index contributed by atoms with van der Waals surface area (Å²) < 4.78 is 18.9. The molecule has 27 heavy (non-hydrogen) atoms. The number of rotatable bonds is 8. The molecular weight excluding hydrogens is 371 g/mol. The Balaban J connectivity index is 1.87. The SMILES string of the molecule is COc1ccc(CCN(CCNC(=O)c2c(F)cccc2Cl)C(C)=O)cc1. The summed E-state index contributed by atoms with van der Waals surface area (Å²) in [7, 11) is 1.61. The average Bonchev–Trinajstić information content (AvgIpc) is 2.64. The van der Waals surface area contributed by atoms with E-state index in [0.29, 0.717) is 19.5 Å². The van der Waals surface area contributed by atoms with Gasteiger partial charge < -0.3 is 15.0 Å². The highest BCUT2D eigenvalue weighted by Gasteiger charge is 2.16. The Labute approximate surface area is 163 Å². The second kappa shape index (κ2) is 9.92. The van der Waals surface area contributed by atoms with Crippen LogP contribution in [-0.4, -0.2) is 43.5 Å². The zero-order valence-corrected chi connectivity index (χ0v) is 16.1. The highest BCUT2D eigenvalue weighted by molar-refractivity contribution is 6.33. The number of carbonyl (C=O) groups is 2. The fourth-order valence-electron chi connectivity index (χ4n) is 2.59. The molecule has 0 heterocycles. The summed E-state index contributed by atoms with van der Waals surface area (Å²) in [6.07, 6.45) is 0.677. The minimum atomic E-state index is -0.678. The van der Waals surface area contributed by atoms with Crippen molar-refractivity contribution in [1.82, 2.24) is 10.2 Å². The van der Waals surface area contributed by atoms with Gasteiger partial charge in [-0.25, -0.2) is 4.39 Å². The zero-order valence-electron chi connectivity index (χ0n) is 15.3. The maximum absolute atomic E-state index is 13.8. The maximum Gasteiger partial charge on any atom is 0.255 e. The van der Waals surface area contributed by atoms with Gasteiger partial charge in [-0.1, -0.05) is 29.8 Å². The molecule has 0 unspecified atom stereocenters. The standard InChI is InChI=1S/C20H22ClFN2O3/c1-14(25)24(12-10-15-6-8-16(27-2)9-7-15)13-11-23-20(26)19-17(21)4-3-5-18(19)22/h3-9H,10-13H2,1-2H3,(H,23,26). The van der Waals surface area contributed by atoms with Crippen LogP contribution in [0, 0.1) is 5.82 Å². The molecule has 0 aromatic heterocycles. The second-order valence-corrected chi connectivity index (χ2v) is 6.36. The van der Waals surface area contributed by atoms with Gasteiger partial charge in [0.15, 0.2) is 0 Å². The first-order chi connectivity index (χ1) is 12.9. The molecule has 2 amide bonds. The summed E-state index contributed by atoms with van der Waals surface area (Å²) in [6, 6.07) is 11.7. The molecular formula is C20H22ClFN2O3. The van der Waals surface area contributed by atoms with Crippen molar-refractivity contribution in [3.8, 4) is 5.75 Å². The van der Waals surface area contributed by atoms with Crippen LogP contribution >= 0.6 is 11.6 Å². The second-order valence-electron chi connectivity index (χ2n) is 5.96. The van der Waals surface area contributed by atoms with Crippen molar-refractivity contribution < 1.29 is 18.7 Å². The molecule has 2 rings (SSSR count). The lowest BCUT2D eigenvalue weighted by atomic mass is 10.1. The van der Waals surface area contributed by atoms with Crippen LogP contribution in [0.2, 0.25) is 5.02 Å². The van der Waals surface area contributed by atoms with E-state index in [1.54, 1.807) is 12.0 Å². The molecule has 0 saturated carbocycles. The lowest BCUT2D eigenvalue weighted by Crippen LogP contribution is -2.38. The van der Waals surface area contributed by atoms with Crippen molar-refractivity contribution in [2.75, 3.05) is 26.7 Å². The number of amides is 2. The highest BCUT2D eigenvalue weighted by Crippen LogP contribution is 2.18. The van der Waals surface area contributed by atoms with Crippen molar-refractivity contribution in [2.24, 2.45) is 0 Å². The van der Waals surface area contributed by atoms with Gasteiger partial charge in [-0.05, 0) is 36.2 Å². The van der Waals surface area contributed by atoms with E-state index >= 15 is 0 Å². The molecule has 5 nitrogen and oxygen atoms in total. The van der Waals surface area contributed by atoms with E-state index in [4.69, 9.17) is 16.3 Å². The Hall–Kier alpha value is -2.60. The Kier molecular flexibility index (Phi) is 7.61. The van der Waals surface area contributed by atoms with Gasteiger partial charge in [0.25, 0.3) is 5.91 Å². The third kappa shape index (κ3) is 5.96. The molecule has 0 aliphatic carbocycles. The van der Waals surface area contributed by atoms with Crippen LogP contribution in [0.5, 0.6) is 5.75 Å². The number of carbonyl (C=O) groups excluding carboxylic acids is 2. The molecule has 0 bridgehead atoms. The number of benzene rings is 2. The van der Waals surface area contributed by atoms with Crippen LogP contribution in [0.3, 0.4) is 0 Å². The molecule has 2 aromatic carbocycles. The van der Waals surface area contributed by atoms with Crippen LogP contribution < -0.4 is 10.1 Å². The summed E-state index contributed by atoms with van der Waals surface area (Å²) in [6.45, 7) is 2.51. The molecule has 0 fully saturated rings. The van der Waals surface area contributed by atoms with Gasteiger partial charge in [0, 0.05) is 26.6 Å². The topological polar surface area (TPSA) is 58.6 Å². The first-order valence-electron chi connectivity index (χ1n) is 8.53. The summed E-state index contributed by atoms with van der Waals surface area (Å²) in [5, 5.41) is 2.66. The first-order valence-corrected chi connectivity index (χ1v) is 8.91. The van der Waals surface area contributed by atoms with Gasteiger partial charge in [0.05, 0.1) is 17.7 Å². The number of nitrogens with zero attached hydrogens (tertiary/aromatic N) is 1. The third-order valence-corrected chi connectivity index (χ3v) is 4.45. The summed E-state index contributed by atoms with van der Waals surface area (Å²) in [5.74, 6) is -0.599. The monoisotopic (exact) mass is 392 g/mol. The first kappa shape index (κ1) is 20.7. The lowest BCUT2D eigenvalue weighted by molar-refractivity contribution is -0.128. The highest BCUT2D eigenvalue weighted by atomic mass is 35.5. The number of nitrogens with one attached hydrogen (secondary N) is 1. The van der Waals surface area contributed by atoms with Crippen molar-refractivity contribution >= 4 is 23.4 Å². The van der Waals surface area contributed by atoms with Gasteiger partial charge >= 0.3 is 0 Å². The molecule has 0 saturated heterocycles. The van der Waals surface area contributed by atoms with Crippen LogP contribution in [0.15, 0.2) is 42.5 Å². The van der Waals surface area contributed by atoms with Gasteiger partial charge in [0.1, 0.15) is 11.6 Å². The Morgan fingerprint density at radius 2 is 1.85 bits per heavy atom. The molecule has 0 aliphatic heterocycles. The molecule has 0 atom stereocenters. The van der Waals surface area contributed by atoms with E-state index < -0.39 is 11.7 Å². The smallest absolute Gasteiger partial charge is 0.255 e. The Bertz CT molecular complexity index is 776. The van der Waals surface area contributed by atoms with Crippen molar-refractivity contribution in [1.29, 1.82) is 0 Å². The molecule has 144 valence electrons. The normalized spacial score (nSPS) is 10.4. The van der Waals surface area contributed by atoms with E-state index in [-0.39, 0.29) is 23.0 Å². The van der Waals surface area contributed by atoms with Crippen LogP contribution in [-0.2, 0) is 11.2 Å². The summed E-state index contributed by atoms with van der Waals surface area (Å²) in [5.41, 5.74) is 0.885. The quantitative estimate of drug-likeness (QED) is 0.749. The molecule has 0 radical (unpaired) electrons. The van der Waals surface area contributed by atoms with Crippen LogP contribution in [0.25, 0.3) is 0 Å². The van der Waals surface area contributed by atoms with Gasteiger partial charge in [0.2, 0.25) is 5.91 Å². The predicted molar refractivity (Wildman–Crippen MR) is 103 cm³/mol. The van der Waals surface area contributed by atoms with Gasteiger partial charge in [-0.15, -0.1) is 0 Å². The van der Waals surface area contributed by atoms with Gasteiger partial charge in [-0.3, -0.25) is 9.59 Å². The van der Waals surface area contributed by atoms with E-state index in [9.17, 15) is 14.0 Å². The molecule has 0 spiro atoms. The van der Waals surface area contributed by atoms with Gasteiger partial charge in [-0.2, -0.15) is 0 Å². The summed E-state index contributed by atoms with van der Waals surface area (Å²) in [4.78, 5) is 25.6. The Morgan fingerprint density at radius 3 is 2.44 bits per heavy atom.